The lowest BCUT2D eigenvalue weighted by molar-refractivity contribution is 1.34. The highest BCUT2D eigenvalue weighted by Crippen LogP contribution is 2.44. The fourth-order valence-electron chi connectivity index (χ4n) is 5.49. The maximum Gasteiger partial charge on any atom is 0.256 e. The van der Waals surface area contributed by atoms with Crippen LogP contribution in [0.1, 0.15) is 0 Å². The average Bonchev–Trinajstić information content (AvgIpc) is 2.92. The molecule has 1 aromatic heterocycles. The van der Waals surface area contributed by atoms with Crippen LogP contribution in [0, 0.1) is 0 Å². The molecular weight excluding hydrogens is 426 g/mol. The second-order valence-corrected chi connectivity index (χ2v) is 8.97. The Kier molecular flexibility index (Phi) is 4.33. The molecule has 164 valence electrons. The monoisotopic (exact) mass is 447 g/mol. The second kappa shape index (κ2) is 7.68. The summed E-state index contributed by atoms with van der Waals surface area (Å²) in [4.78, 5) is 15.7. The summed E-state index contributed by atoms with van der Waals surface area (Å²) in [6, 6.07) is 42.2. The van der Waals surface area contributed by atoms with Gasteiger partial charge in [0.15, 0.2) is 0 Å². The first kappa shape index (κ1) is 19.7. The summed E-state index contributed by atoms with van der Waals surface area (Å²) in [5.74, 6) is 0. The maximum absolute atomic E-state index is 12.6. The van der Waals surface area contributed by atoms with E-state index in [2.05, 4.69) is 96.0 Å². The van der Waals surface area contributed by atoms with E-state index in [4.69, 9.17) is 0 Å². The van der Waals surface area contributed by atoms with Crippen LogP contribution in [0.25, 0.3) is 65.5 Å². The van der Waals surface area contributed by atoms with Crippen LogP contribution in [0.3, 0.4) is 0 Å². The van der Waals surface area contributed by atoms with Crippen LogP contribution in [0.2, 0.25) is 0 Å². The van der Waals surface area contributed by atoms with Crippen molar-refractivity contribution < 1.29 is 0 Å². The zero-order chi connectivity index (χ0) is 23.4. The van der Waals surface area contributed by atoms with Gasteiger partial charge in [-0.3, -0.25) is 4.79 Å². The number of nitrogens with one attached hydrogen (secondary N) is 1. The van der Waals surface area contributed by atoms with Crippen molar-refractivity contribution in [1.82, 2.24) is 4.98 Å². The third-order valence-electron chi connectivity index (χ3n) is 7.01. The summed E-state index contributed by atoms with van der Waals surface area (Å²) in [6.07, 6.45) is 0. The molecule has 7 aromatic rings. The zero-order valence-corrected chi connectivity index (χ0v) is 19.0. The van der Waals surface area contributed by atoms with Crippen molar-refractivity contribution in [2.45, 2.75) is 0 Å². The standard InChI is InChI=1S/C33H21NO/c35-33-28-17-9-4-12-23(28)29-20-22(18-19-30(29)34-33)32-26-15-7-5-13-24(26)31(21-10-2-1-3-11-21)25-14-6-8-16-27(25)32/h1-20H,(H,34,35). The van der Waals surface area contributed by atoms with E-state index in [1.165, 1.54) is 38.2 Å². The summed E-state index contributed by atoms with van der Waals surface area (Å²) in [5.41, 5.74) is 5.63. The van der Waals surface area contributed by atoms with Crippen molar-refractivity contribution in [3.63, 3.8) is 0 Å². The molecule has 1 N–H and O–H groups in total. The maximum atomic E-state index is 12.6. The summed E-state index contributed by atoms with van der Waals surface area (Å²) >= 11 is 0. The van der Waals surface area contributed by atoms with E-state index in [1.807, 2.05) is 30.3 Å². The summed E-state index contributed by atoms with van der Waals surface area (Å²) in [7, 11) is 0. The zero-order valence-electron chi connectivity index (χ0n) is 19.0. The van der Waals surface area contributed by atoms with Crippen molar-refractivity contribution in [2.24, 2.45) is 0 Å². The molecule has 0 aliphatic rings. The van der Waals surface area contributed by atoms with E-state index < -0.39 is 0 Å². The minimum Gasteiger partial charge on any atom is -0.321 e. The lowest BCUT2D eigenvalue weighted by Gasteiger charge is -2.18. The van der Waals surface area contributed by atoms with Gasteiger partial charge in [-0.1, -0.05) is 103 Å². The molecule has 0 amide bonds. The fraction of sp³-hybridized carbons (Fsp3) is 0. The molecule has 2 heteroatoms. The van der Waals surface area contributed by atoms with Crippen LogP contribution >= 0.6 is 0 Å². The highest BCUT2D eigenvalue weighted by molar-refractivity contribution is 6.22. The molecule has 0 radical (unpaired) electrons. The molecule has 0 atom stereocenters. The molecule has 6 aromatic carbocycles. The lowest BCUT2D eigenvalue weighted by Crippen LogP contribution is -2.06. The molecule has 0 saturated carbocycles. The number of benzene rings is 6. The van der Waals surface area contributed by atoms with Gasteiger partial charge in [0, 0.05) is 16.3 Å². The number of rotatable bonds is 2. The second-order valence-electron chi connectivity index (χ2n) is 8.97. The summed E-state index contributed by atoms with van der Waals surface area (Å²) in [5, 5.41) is 7.65. The smallest absolute Gasteiger partial charge is 0.256 e. The number of hydrogen-bond acceptors (Lipinski definition) is 1. The minimum absolute atomic E-state index is 0.0519. The predicted octanol–water partition coefficient (Wildman–Crippen LogP) is 8.32. The van der Waals surface area contributed by atoms with Crippen molar-refractivity contribution >= 4 is 43.2 Å². The SMILES string of the molecule is O=c1[nH]c2ccc(-c3c4ccccc4c(-c4ccccc4)c4ccccc34)cc2c2ccccc12. The summed E-state index contributed by atoms with van der Waals surface area (Å²) in [6.45, 7) is 0. The van der Waals surface area contributed by atoms with Crippen LogP contribution < -0.4 is 5.56 Å². The first-order chi connectivity index (χ1) is 17.3. The third-order valence-corrected chi connectivity index (χ3v) is 7.01. The normalized spacial score (nSPS) is 11.5. The molecule has 1 heterocycles. The molecule has 0 saturated heterocycles. The molecule has 2 nitrogen and oxygen atoms in total. The number of pyridine rings is 1. The lowest BCUT2D eigenvalue weighted by atomic mass is 9.85. The topological polar surface area (TPSA) is 32.9 Å². The van der Waals surface area contributed by atoms with E-state index in [9.17, 15) is 4.79 Å². The van der Waals surface area contributed by atoms with E-state index in [-0.39, 0.29) is 5.56 Å². The van der Waals surface area contributed by atoms with E-state index in [0.29, 0.717) is 5.39 Å². The van der Waals surface area contributed by atoms with Gasteiger partial charge in [-0.15, -0.1) is 0 Å². The average molecular weight is 448 g/mol. The predicted molar refractivity (Wildman–Crippen MR) is 148 cm³/mol. The minimum atomic E-state index is -0.0519. The van der Waals surface area contributed by atoms with Gasteiger partial charge >= 0.3 is 0 Å². The molecule has 7 rings (SSSR count). The van der Waals surface area contributed by atoms with Crippen molar-refractivity contribution in [2.75, 3.05) is 0 Å². The van der Waals surface area contributed by atoms with E-state index in [1.54, 1.807) is 0 Å². The highest BCUT2D eigenvalue weighted by Gasteiger charge is 2.17. The molecule has 0 bridgehead atoms. The van der Waals surface area contributed by atoms with Crippen LogP contribution in [0.5, 0.6) is 0 Å². The van der Waals surface area contributed by atoms with Crippen molar-refractivity contribution in [1.29, 1.82) is 0 Å². The van der Waals surface area contributed by atoms with Crippen LogP contribution in [0.15, 0.2) is 126 Å². The Bertz CT molecular complexity index is 1910. The molecule has 0 aliphatic carbocycles. The molecule has 0 aliphatic heterocycles. The number of H-pyrrole nitrogens is 1. The highest BCUT2D eigenvalue weighted by atomic mass is 16.1. The molecule has 35 heavy (non-hydrogen) atoms. The Hall–Kier alpha value is -4.69. The van der Waals surface area contributed by atoms with E-state index in [0.717, 1.165) is 21.9 Å². The van der Waals surface area contributed by atoms with Gasteiger partial charge < -0.3 is 4.98 Å². The summed E-state index contributed by atoms with van der Waals surface area (Å²) < 4.78 is 0. The number of aromatic amines is 1. The fourth-order valence-corrected chi connectivity index (χ4v) is 5.49. The van der Waals surface area contributed by atoms with Gasteiger partial charge in [-0.05, 0) is 67.4 Å². The van der Waals surface area contributed by atoms with Gasteiger partial charge in [0.05, 0.1) is 0 Å². The molecular formula is C33H21NO. The van der Waals surface area contributed by atoms with Crippen LogP contribution in [-0.4, -0.2) is 4.98 Å². The Morgan fingerprint density at radius 2 is 0.886 bits per heavy atom. The Morgan fingerprint density at radius 3 is 1.49 bits per heavy atom. The number of fused-ring (bicyclic) bond motifs is 5. The van der Waals surface area contributed by atoms with E-state index >= 15 is 0 Å². The number of aromatic nitrogens is 1. The van der Waals surface area contributed by atoms with Crippen LogP contribution in [0.4, 0.5) is 0 Å². The van der Waals surface area contributed by atoms with Crippen LogP contribution in [-0.2, 0) is 0 Å². The van der Waals surface area contributed by atoms with Crippen molar-refractivity contribution in [3.8, 4) is 22.3 Å². The van der Waals surface area contributed by atoms with Gasteiger partial charge in [-0.2, -0.15) is 0 Å². The Morgan fingerprint density at radius 1 is 0.400 bits per heavy atom. The Labute approximate surface area is 202 Å². The van der Waals surface area contributed by atoms with Gasteiger partial charge in [0.1, 0.15) is 0 Å². The van der Waals surface area contributed by atoms with Crippen molar-refractivity contribution in [3.05, 3.63) is 132 Å². The molecule has 0 spiro atoms. The Balaban J connectivity index is 1.64. The number of hydrogen-bond donors (Lipinski definition) is 1. The quantitative estimate of drug-likeness (QED) is 0.210. The first-order valence-electron chi connectivity index (χ1n) is 11.8. The first-order valence-corrected chi connectivity index (χ1v) is 11.8. The van der Waals surface area contributed by atoms with Gasteiger partial charge in [0.2, 0.25) is 0 Å². The molecule has 0 unspecified atom stereocenters. The third kappa shape index (κ3) is 3.00. The van der Waals surface area contributed by atoms with Gasteiger partial charge in [0.25, 0.3) is 5.56 Å². The van der Waals surface area contributed by atoms with Gasteiger partial charge in [-0.25, -0.2) is 0 Å². The molecule has 0 fully saturated rings. The largest absolute Gasteiger partial charge is 0.321 e.